The molecule has 3 N–H and O–H groups in total. The third-order valence-corrected chi connectivity index (χ3v) is 5.80. The van der Waals surface area contributed by atoms with Crippen LogP contribution in [0.25, 0.3) is 0 Å². The maximum absolute atomic E-state index is 13.0. The van der Waals surface area contributed by atoms with Gasteiger partial charge < -0.3 is 11.1 Å². The first-order chi connectivity index (χ1) is 9.34. The van der Waals surface area contributed by atoms with Crippen molar-refractivity contribution in [2.75, 3.05) is 6.54 Å². The van der Waals surface area contributed by atoms with Crippen molar-refractivity contribution in [3.8, 4) is 0 Å². The van der Waals surface area contributed by atoms with Crippen LogP contribution in [-0.2, 0) is 4.79 Å². The van der Waals surface area contributed by atoms with Crippen molar-refractivity contribution in [2.45, 2.75) is 50.7 Å². The maximum Gasteiger partial charge on any atom is 0.396 e. The highest BCUT2D eigenvalue weighted by molar-refractivity contribution is 5.85. The first-order valence-corrected chi connectivity index (χ1v) is 7.44. The number of carbonyl (C=O) groups excluding carboxylic acids is 1. The van der Waals surface area contributed by atoms with E-state index in [2.05, 4.69) is 5.32 Å². The van der Waals surface area contributed by atoms with Crippen LogP contribution >= 0.6 is 12.4 Å². The molecule has 0 aromatic carbocycles. The van der Waals surface area contributed by atoms with Gasteiger partial charge in [-0.15, -0.1) is 12.4 Å². The molecule has 0 radical (unpaired) electrons. The van der Waals surface area contributed by atoms with Gasteiger partial charge in [0, 0.05) is 12.6 Å². The second kappa shape index (κ2) is 5.61. The van der Waals surface area contributed by atoms with E-state index in [1.54, 1.807) is 0 Å². The minimum absolute atomic E-state index is 0. The zero-order valence-corrected chi connectivity index (χ0v) is 12.6. The molecule has 0 heterocycles. The first-order valence-electron chi connectivity index (χ1n) is 7.44. The summed E-state index contributed by atoms with van der Waals surface area (Å²) in [5.74, 6) is 0.119. The van der Waals surface area contributed by atoms with Gasteiger partial charge in [0.05, 0.1) is 11.3 Å². The summed E-state index contributed by atoms with van der Waals surface area (Å²) in [6.45, 7) is -0.282. The Morgan fingerprint density at radius 1 is 1.24 bits per heavy atom. The van der Waals surface area contributed by atoms with Gasteiger partial charge in [-0.05, 0) is 43.9 Å². The maximum atomic E-state index is 13.0. The van der Waals surface area contributed by atoms with Crippen LogP contribution in [0.5, 0.6) is 0 Å². The Hall–Kier alpha value is -0.490. The quantitative estimate of drug-likeness (QED) is 0.837. The molecule has 7 heteroatoms. The van der Waals surface area contributed by atoms with Crippen LogP contribution in [0.3, 0.4) is 0 Å². The van der Waals surface area contributed by atoms with E-state index in [-0.39, 0.29) is 55.6 Å². The summed E-state index contributed by atoms with van der Waals surface area (Å²) in [4.78, 5) is 12.2. The number of nitrogens with one attached hydrogen (secondary N) is 1. The van der Waals surface area contributed by atoms with Crippen LogP contribution in [0.4, 0.5) is 13.2 Å². The van der Waals surface area contributed by atoms with Crippen LogP contribution in [0.15, 0.2) is 0 Å². The number of hydrogen-bond acceptors (Lipinski definition) is 2. The predicted molar refractivity (Wildman–Crippen MR) is 74.9 cm³/mol. The Morgan fingerprint density at radius 2 is 1.86 bits per heavy atom. The Bertz CT molecular complexity index is 410. The fraction of sp³-hybridized carbons (Fsp3) is 0.929. The van der Waals surface area contributed by atoms with E-state index in [0.29, 0.717) is 12.3 Å². The monoisotopic (exact) mass is 326 g/mol. The van der Waals surface area contributed by atoms with Gasteiger partial charge in [0.15, 0.2) is 0 Å². The van der Waals surface area contributed by atoms with Gasteiger partial charge in [-0.25, -0.2) is 0 Å². The van der Waals surface area contributed by atoms with E-state index in [9.17, 15) is 18.0 Å². The molecule has 0 aromatic heterocycles. The number of nitrogens with two attached hydrogens (primary N) is 1. The molecule has 0 unspecified atom stereocenters. The van der Waals surface area contributed by atoms with Crippen molar-refractivity contribution < 1.29 is 18.0 Å². The Balaban J connectivity index is 0.00000161. The number of alkyl halides is 3. The summed E-state index contributed by atoms with van der Waals surface area (Å²) in [6, 6.07) is -0.169. The summed E-state index contributed by atoms with van der Waals surface area (Å²) < 4.78 is 39.1. The number of halogens is 4. The largest absolute Gasteiger partial charge is 0.396 e. The first kappa shape index (κ1) is 16.9. The number of amides is 1. The Morgan fingerprint density at radius 3 is 2.29 bits per heavy atom. The van der Waals surface area contributed by atoms with Gasteiger partial charge in [-0.1, -0.05) is 6.42 Å². The number of carbonyl (C=O) groups is 1. The molecule has 4 atom stereocenters. The third kappa shape index (κ3) is 2.65. The molecular formula is C14H22ClF3N2O. The molecule has 3 saturated carbocycles. The average molecular weight is 327 g/mol. The lowest BCUT2D eigenvalue weighted by molar-refractivity contribution is -0.248. The van der Waals surface area contributed by atoms with Gasteiger partial charge in [-0.2, -0.15) is 13.2 Å². The summed E-state index contributed by atoms with van der Waals surface area (Å²) >= 11 is 0. The Labute approximate surface area is 128 Å². The molecule has 0 spiro atoms. The molecule has 3 rings (SSSR count). The minimum Gasteiger partial charge on any atom is -0.355 e. The normalized spacial score (nSPS) is 36.8. The van der Waals surface area contributed by atoms with Gasteiger partial charge in [0.2, 0.25) is 5.91 Å². The van der Waals surface area contributed by atoms with Crippen molar-refractivity contribution in [2.24, 2.45) is 28.9 Å². The molecule has 3 nitrogen and oxygen atoms in total. The highest BCUT2D eigenvalue weighted by Crippen LogP contribution is 2.53. The SMILES string of the molecule is Cl.N[C@@H]1[C@H]2CC[C@H](C2)[C@@H]1C(=O)NCC1(C(F)(F)F)CCC1. The fourth-order valence-electron chi connectivity index (χ4n) is 4.26. The molecular weight excluding hydrogens is 305 g/mol. The molecule has 0 aromatic rings. The van der Waals surface area contributed by atoms with E-state index >= 15 is 0 Å². The highest BCUT2D eigenvalue weighted by atomic mass is 35.5. The highest BCUT2D eigenvalue weighted by Gasteiger charge is 2.58. The van der Waals surface area contributed by atoms with Crippen molar-refractivity contribution in [1.82, 2.24) is 5.32 Å². The predicted octanol–water partition coefficient (Wildman–Crippen LogP) is 2.63. The lowest BCUT2D eigenvalue weighted by atomic mass is 9.68. The topological polar surface area (TPSA) is 55.1 Å². The zero-order valence-electron chi connectivity index (χ0n) is 11.8. The average Bonchev–Trinajstić information content (AvgIpc) is 2.85. The lowest BCUT2D eigenvalue weighted by Crippen LogP contribution is -2.54. The molecule has 2 bridgehead atoms. The smallest absolute Gasteiger partial charge is 0.355 e. The van der Waals surface area contributed by atoms with Crippen LogP contribution in [0, 0.1) is 23.2 Å². The molecule has 3 fully saturated rings. The number of hydrogen-bond donors (Lipinski definition) is 2. The number of fused-ring (bicyclic) bond motifs is 2. The van der Waals surface area contributed by atoms with Crippen LogP contribution in [0.2, 0.25) is 0 Å². The van der Waals surface area contributed by atoms with E-state index in [4.69, 9.17) is 5.73 Å². The molecule has 3 aliphatic rings. The second-order valence-corrected chi connectivity index (χ2v) is 6.79. The Kier molecular flexibility index (Phi) is 4.51. The van der Waals surface area contributed by atoms with E-state index in [1.165, 1.54) is 0 Å². The summed E-state index contributed by atoms with van der Waals surface area (Å²) in [5.41, 5.74) is 4.36. The molecule has 0 saturated heterocycles. The van der Waals surface area contributed by atoms with E-state index in [0.717, 1.165) is 19.3 Å². The summed E-state index contributed by atoms with van der Waals surface area (Å²) in [7, 11) is 0. The summed E-state index contributed by atoms with van der Waals surface area (Å²) in [5, 5.41) is 2.55. The van der Waals surface area contributed by atoms with E-state index < -0.39 is 11.6 Å². The van der Waals surface area contributed by atoms with Crippen molar-refractivity contribution in [1.29, 1.82) is 0 Å². The van der Waals surface area contributed by atoms with Crippen LogP contribution in [-0.4, -0.2) is 24.7 Å². The molecule has 3 aliphatic carbocycles. The second-order valence-electron chi connectivity index (χ2n) is 6.79. The third-order valence-electron chi connectivity index (χ3n) is 5.80. The van der Waals surface area contributed by atoms with Crippen LogP contribution in [0.1, 0.15) is 38.5 Å². The van der Waals surface area contributed by atoms with Crippen molar-refractivity contribution >= 4 is 18.3 Å². The lowest BCUT2D eigenvalue weighted by Gasteiger charge is -2.43. The van der Waals surface area contributed by atoms with Gasteiger partial charge in [-0.3, -0.25) is 4.79 Å². The zero-order chi connectivity index (χ0) is 14.5. The summed E-state index contributed by atoms with van der Waals surface area (Å²) in [6.07, 6.45) is -0.385. The molecule has 122 valence electrons. The van der Waals surface area contributed by atoms with Gasteiger partial charge >= 0.3 is 6.18 Å². The molecule has 0 aliphatic heterocycles. The van der Waals surface area contributed by atoms with Crippen molar-refractivity contribution in [3.63, 3.8) is 0 Å². The van der Waals surface area contributed by atoms with Crippen LogP contribution < -0.4 is 11.1 Å². The van der Waals surface area contributed by atoms with E-state index in [1.807, 2.05) is 0 Å². The van der Waals surface area contributed by atoms with Crippen molar-refractivity contribution in [3.05, 3.63) is 0 Å². The standard InChI is InChI=1S/C14H21F3N2O.ClH/c15-14(16,17)13(4-1-5-13)7-19-12(20)10-8-2-3-9(6-8)11(10)18;/h8-11H,1-7,18H2,(H,19,20);1H/t8-,9+,10+,11-;/m1./s1. The minimum atomic E-state index is -4.23. The van der Waals surface area contributed by atoms with Gasteiger partial charge in [0.1, 0.15) is 0 Å². The molecule has 21 heavy (non-hydrogen) atoms. The molecule has 1 amide bonds. The number of rotatable bonds is 3. The fourth-order valence-corrected chi connectivity index (χ4v) is 4.26. The van der Waals surface area contributed by atoms with Gasteiger partial charge in [0.25, 0.3) is 0 Å².